The van der Waals surface area contributed by atoms with E-state index in [1.54, 1.807) is 12.1 Å². The molecule has 0 fully saturated rings. The van der Waals surface area contributed by atoms with Gasteiger partial charge in [0.05, 0.1) is 6.61 Å². The third-order valence-corrected chi connectivity index (χ3v) is 2.90. The van der Waals surface area contributed by atoms with Gasteiger partial charge in [0.25, 0.3) is 0 Å². The molecule has 1 atom stereocenters. The molecule has 114 valence electrons. The highest BCUT2D eigenvalue weighted by Crippen LogP contribution is 2.31. The highest BCUT2D eigenvalue weighted by Gasteiger charge is 2.47. The van der Waals surface area contributed by atoms with E-state index in [1.165, 1.54) is 19.1 Å². The Morgan fingerprint density at radius 3 is 2.10 bits per heavy atom. The molecule has 0 aliphatic rings. The first-order valence-corrected chi connectivity index (χ1v) is 6.21. The number of alkyl halides is 2. The Labute approximate surface area is 123 Å². The first kappa shape index (κ1) is 18.8. The second-order valence-electron chi connectivity index (χ2n) is 4.64. The molecular formula is C14H20ClF2NO2. The quantitative estimate of drug-likeness (QED) is 0.848. The van der Waals surface area contributed by atoms with Gasteiger partial charge in [-0.25, -0.2) is 4.79 Å². The lowest BCUT2D eigenvalue weighted by atomic mass is 9.96. The first-order chi connectivity index (χ1) is 8.80. The molecule has 0 amide bonds. The van der Waals surface area contributed by atoms with Crippen LogP contribution < -0.4 is 5.73 Å². The van der Waals surface area contributed by atoms with Crippen LogP contribution in [0, 0.1) is 0 Å². The van der Waals surface area contributed by atoms with E-state index >= 15 is 0 Å². The van der Waals surface area contributed by atoms with Gasteiger partial charge in [-0.05, 0) is 24.0 Å². The number of carbonyl (C=O) groups is 1. The highest BCUT2D eigenvalue weighted by molar-refractivity contribution is 5.85. The standard InChI is InChI=1S/C14H19F2NO2.ClH/c1-4-19-13(18)14(15,16)12(17)11-7-5-10(6-8-11)9(2)3;/h5-9,12H,4,17H2,1-3H3;1H/t12-;/m0./s1. The Bertz CT molecular complexity index is 435. The van der Waals surface area contributed by atoms with Gasteiger partial charge in [0.1, 0.15) is 6.04 Å². The summed E-state index contributed by atoms with van der Waals surface area (Å²) in [5.41, 5.74) is 6.71. The largest absolute Gasteiger partial charge is 0.462 e. The van der Waals surface area contributed by atoms with E-state index in [2.05, 4.69) is 4.74 Å². The maximum absolute atomic E-state index is 13.7. The molecule has 1 aromatic rings. The number of carbonyl (C=O) groups excluding carboxylic acids is 1. The van der Waals surface area contributed by atoms with Crippen LogP contribution in [0.15, 0.2) is 24.3 Å². The number of rotatable bonds is 5. The molecule has 0 aliphatic heterocycles. The topological polar surface area (TPSA) is 52.3 Å². The summed E-state index contributed by atoms with van der Waals surface area (Å²) in [4.78, 5) is 11.2. The lowest BCUT2D eigenvalue weighted by Gasteiger charge is -2.22. The predicted octanol–water partition coefficient (Wildman–Crippen LogP) is 3.43. The molecule has 0 aliphatic carbocycles. The minimum atomic E-state index is -3.73. The molecule has 0 radical (unpaired) electrons. The van der Waals surface area contributed by atoms with Gasteiger partial charge >= 0.3 is 11.9 Å². The minimum Gasteiger partial charge on any atom is -0.462 e. The van der Waals surface area contributed by atoms with Gasteiger partial charge in [0.15, 0.2) is 0 Å². The van der Waals surface area contributed by atoms with Crippen LogP contribution in [0.1, 0.15) is 43.9 Å². The first-order valence-electron chi connectivity index (χ1n) is 6.21. The average molecular weight is 308 g/mol. The number of ether oxygens (including phenoxy) is 1. The number of halogens is 3. The van der Waals surface area contributed by atoms with Crippen LogP contribution >= 0.6 is 12.4 Å². The molecule has 0 aromatic heterocycles. The molecule has 2 N–H and O–H groups in total. The van der Waals surface area contributed by atoms with Crippen LogP contribution in [0.25, 0.3) is 0 Å². The van der Waals surface area contributed by atoms with Gasteiger partial charge in [-0.1, -0.05) is 38.1 Å². The fourth-order valence-corrected chi connectivity index (χ4v) is 1.65. The minimum absolute atomic E-state index is 0. The molecule has 0 spiro atoms. The average Bonchev–Trinajstić information content (AvgIpc) is 2.38. The Morgan fingerprint density at radius 1 is 1.25 bits per heavy atom. The summed E-state index contributed by atoms with van der Waals surface area (Å²) in [6.45, 7) is 5.37. The fourth-order valence-electron chi connectivity index (χ4n) is 1.65. The summed E-state index contributed by atoms with van der Waals surface area (Å²) in [6.07, 6.45) is 0. The summed E-state index contributed by atoms with van der Waals surface area (Å²) >= 11 is 0. The van der Waals surface area contributed by atoms with Crippen molar-refractivity contribution >= 4 is 18.4 Å². The maximum Gasteiger partial charge on any atom is 0.379 e. The van der Waals surface area contributed by atoms with Gasteiger partial charge in [-0.2, -0.15) is 8.78 Å². The van der Waals surface area contributed by atoms with Crippen LogP contribution in [0.2, 0.25) is 0 Å². The molecule has 1 rings (SSSR count). The smallest absolute Gasteiger partial charge is 0.379 e. The Kier molecular flexibility index (Phi) is 7.09. The molecule has 0 unspecified atom stereocenters. The summed E-state index contributed by atoms with van der Waals surface area (Å²) < 4.78 is 31.8. The lowest BCUT2D eigenvalue weighted by Crippen LogP contribution is -2.41. The number of benzene rings is 1. The number of hydrogen-bond donors (Lipinski definition) is 1. The molecule has 1 aromatic carbocycles. The van der Waals surface area contributed by atoms with Crippen LogP contribution in [0.3, 0.4) is 0 Å². The molecule has 3 nitrogen and oxygen atoms in total. The SMILES string of the molecule is CCOC(=O)C(F)(F)[C@@H](N)c1ccc(C(C)C)cc1.Cl. The lowest BCUT2D eigenvalue weighted by molar-refractivity contribution is -0.174. The molecule has 0 bridgehead atoms. The van der Waals surface area contributed by atoms with E-state index in [1.807, 2.05) is 13.8 Å². The van der Waals surface area contributed by atoms with Gasteiger partial charge in [-0.3, -0.25) is 0 Å². The number of hydrogen-bond acceptors (Lipinski definition) is 3. The van der Waals surface area contributed by atoms with E-state index in [0.717, 1.165) is 5.56 Å². The Morgan fingerprint density at radius 2 is 1.70 bits per heavy atom. The van der Waals surface area contributed by atoms with Crippen molar-refractivity contribution in [2.75, 3.05) is 6.61 Å². The molecule has 20 heavy (non-hydrogen) atoms. The third-order valence-electron chi connectivity index (χ3n) is 2.90. The molecular weight excluding hydrogens is 288 g/mol. The van der Waals surface area contributed by atoms with Crippen molar-refractivity contribution in [1.29, 1.82) is 0 Å². The predicted molar refractivity (Wildman–Crippen MR) is 76.3 cm³/mol. The van der Waals surface area contributed by atoms with Crippen LogP contribution in [-0.4, -0.2) is 18.5 Å². The van der Waals surface area contributed by atoms with Crippen molar-refractivity contribution in [3.63, 3.8) is 0 Å². The maximum atomic E-state index is 13.7. The molecule has 0 heterocycles. The monoisotopic (exact) mass is 307 g/mol. The second-order valence-corrected chi connectivity index (χ2v) is 4.64. The summed E-state index contributed by atoms with van der Waals surface area (Å²) in [5, 5.41) is 0. The van der Waals surface area contributed by atoms with E-state index in [-0.39, 0.29) is 24.6 Å². The molecule has 6 heteroatoms. The van der Waals surface area contributed by atoms with Crippen molar-refractivity contribution in [3.8, 4) is 0 Å². The number of esters is 1. The van der Waals surface area contributed by atoms with Gasteiger partial charge in [0.2, 0.25) is 0 Å². The van der Waals surface area contributed by atoms with Gasteiger partial charge in [-0.15, -0.1) is 12.4 Å². The number of nitrogens with two attached hydrogens (primary N) is 1. The third kappa shape index (κ3) is 4.15. The normalized spacial score (nSPS) is 12.8. The molecule has 0 saturated carbocycles. The van der Waals surface area contributed by atoms with E-state index in [9.17, 15) is 13.6 Å². The van der Waals surface area contributed by atoms with Crippen LogP contribution in [-0.2, 0) is 9.53 Å². The van der Waals surface area contributed by atoms with Crippen molar-refractivity contribution in [3.05, 3.63) is 35.4 Å². The van der Waals surface area contributed by atoms with Crippen LogP contribution in [0.5, 0.6) is 0 Å². The zero-order valence-corrected chi connectivity index (χ0v) is 12.5. The second kappa shape index (κ2) is 7.55. The zero-order chi connectivity index (χ0) is 14.6. The van der Waals surface area contributed by atoms with Gasteiger partial charge in [0, 0.05) is 0 Å². The van der Waals surface area contributed by atoms with Gasteiger partial charge < -0.3 is 10.5 Å². The Hall–Kier alpha value is -1.20. The molecule has 0 saturated heterocycles. The van der Waals surface area contributed by atoms with Crippen molar-refractivity contribution in [2.45, 2.75) is 38.7 Å². The summed E-state index contributed by atoms with van der Waals surface area (Å²) in [5.74, 6) is -5.01. The zero-order valence-electron chi connectivity index (χ0n) is 11.7. The highest BCUT2D eigenvalue weighted by atomic mass is 35.5. The van der Waals surface area contributed by atoms with E-state index < -0.39 is 17.9 Å². The van der Waals surface area contributed by atoms with E-state index in [0.29, 0.717) is 5.92 Å². The summed E-state index contributed by atoms with van der Waals surface area (Å²) in [7, 11) is 0. The van der Waals surface area contributed by atoms with E-state index in [4.69, 9.17) is 5.73 Å². The van der Waals surface area contributed by atoms with Crippen molar-refractivity contribution < 1.29 is 18.3 Å². The van der Waals surface area contributed by atoms with Crippen LogP contribution in [0.4, 0.5) is 8.78 Å². The fraction of sp³-hybridized carbons (Fsp3) is 0.500. The van der Waals surface area contributed by atoms with Crippen molar-refractivity contribution in [1.82, 2.24) is 0 Å². The Balaban J connectivity index is 0.00000361. The summed E-state index contributed by atoms with van der Waals surface area (Å²) in [6, 6.07) is 4.82. The van der Waals surface area contributed by atoms with Crippen molar-refractivity contribution in [2.24, 2.45) is 5.73 Å².